The molecule has 6 nitrogen and oxygen atoms in total. The van der Waals surface area contributed by atoms with Gasteiger partial charge in [-0.2, -0.15) is 0 Å². The van der Waals surface area contributed by atoms with E-state index in [2.05, 4.69) is 6.58 Å². The number of carbonyl (C=O) groups is 2. The molecule has 0 spiro atoms. The van der Waals surface area contributed by atoms with E-state index in [1.165, 1.54) is 4.90 Å². The van der Waals surface area contributed by atoms with Crippen molar-refractivity contribution in [2.24, 2.45) is 0 Å². The summed E-state index contributed by atoms with van der Waals surface area (Å²) in [4.78, 5) is 28.7. The van der Waals surface area contributed by atoms with Gasteiger partial charge in [0.1, 0.15) is 18.4 Å². The van der Waals surface area contributed by atoms with E-state index in [4.69, 9.17) is 9.47 Å². The van der Waals surface area contributed by atoms with Crippen molar-refractivity contribution in [2.45, 2.75) is 18.1 Å². The molecule has 2 aliphatic rings. The summed E-state index contributed by atoms with van der Waals surface area (Å²) < 4.78 is 10.7. The summed E-state index contributed by atoms with van der Waals surface area (Å²) in [6.07, 6.45) is 1.21. The van der Waals surface area contributed by atoms with Crippen molar-refractivity contribution in [3.8, 4) is 5.75 Å². The second-order valence-corrected chi connectivity index (χ2v) is 6.46. The molecule has 2 unspecified atom stereocenters. The number of nitrogens with zero attached hydrogens (tertiary/aromatic N) is 2. The van der Waals surface area contributed by atoms with E-state index in [0.29, 0.717) is 11.4 Å². The number of hydrogen-bond acceptors (Lipinski definition) is 4. The molecular weight excluding hydrogens is 344 g/mol. The summed E-state index contributed by atoms with van der Waals surface area (Å²) in [6, 6.07) is 15.6. The predicted octanol–water partition coefficient (Wildman–Crippen LogP) is 3.16. The van der Waals surface area contributed by atoms with Crippen molar-refractivity contribution in [1.82, 2.24) is 4.90 Å². The average Bonchev–Trinajstić information content (AvgIpc) is 3.08. The minimum Gasteiger partial charge on any atom is -0.495 e. The van der Waals surface area contributed by atoms with Crippen molar-refractivity contribution in [2.75, 3.05) is 18.6 Å². The molecule has 6 heteroatoms. The van der Waals surface area contributed by atoms with Crippen LogP contribution in [0.2, 0.25) is 0 Å². The maximum atomic E-state index is 13.1. The minimum absolute atomic E-state index is 0.177. The number of methoxy groups -OCH3 is 1. The molecule has 0 radical (unpaired) electrons. The average molecular weight is 364 g/mol. The normalized spacial score (nSPS) is 24.4. The highest BCUT2D eigenvalue weighted by molar-refractivity contribution is 6.08. The Balaban J connectivity index is 1.67. The SMILES string of the molecule is C=CC1C(N2C(=O)OC[C@@H]2c2ccccc2)C(=O)N1c1ccccc1OC. The molecule has 2 aliphatic heterocycles. The summed E-state index contributed by atoms with van der Waals surface area (Å²) >= 11 is 0. The highest BCUT2D eigenvalue weighted by Gasteiger charge is 2.56. The van der Waals surface area contributed by atoms with Crippen molar-refractivity contribution in [3.05, 3.63) is 72.8 Å². The Labute approximate surface area is 157 Å². The van der Waals surface area contributed by atoms with Crippen LogP contribution < -0.4 is 9.64 Å². The molecule has 2 saturated heterocycles. The summed E-state index contributed by atoms with van der Waals surface area (Å²) in [5.41, 5.74) is 1.60. The summed E-state index contributed by atoms with van der Waals surface area (Å²) in [7, 11) is 1.56. The van der Waals surface area contributed by atoms with Crippen LogP contribution in [-0.2, 0) is 9.53 Å². The first kappa shape index (κ1) is 17.1. The molecule has 0 aromatic heterocycles. The van der Waals surface area contributed by atoms with Gasteiger partial charge in [0.25, 0.3) is 5.91 Å². The third kappa shape index (κ3) is 2.65. The van der Waals surface area contributed by atoms with E-state index >= 15 is 0 Å². The van der Waals surface area contributed by atoms with Gasteiger partial charge in [-0.3, -0.25) is 14.6 Å². The van der Waals surface area contributed by atoms with E-state index in [9.17, 15) is 9.59 Å². The number of rotatable bonds is 5. The number of anilines is 1. The maximum absolute atomic E-state index is 13.1. The minimum atomic E-state index is -0.646. The monoisotopic (exact) mass is 364 g/mol. The number of benzene rings is 2. The van der Waals surface area contributed by atoms with Gasteiger partial charge in [-0.25, -0.2) is 4.79 Å². The zero-order chi connectivity index (χ0) is 19.0. The Hall–Kier alpha value is -3.28. The van der Waals surface area contributed by atoms with Crippen LogP contribution in [-0.4, -0.2) is 42.7 Å². The van der Waals surface area contributed by atoms with Crippen LogP contribution in [0.5, 0.6) is 5.75 Å². The first-order valence-electron chi connectivity index (χ1n) is 8.76. The number of amides is 2. The third-order valence-corrected chi connectivity index (χ3v) is 5.09. The van der Waals surface area contributed by atoms with Crippen LogP contribution in [0.25, 0.3) is 0 Å². The van der Waals surface area contributed by atoms with Gasteiger partial charge in [0, 0.05) is 0 Å². The van der Waals surface area contributed by atoms with E-state index in [-0.39, 0.29) is 24.6 Å². The van der Waals surface area contributed by atoms with E-state index in [1.54, 1.807) is 24.2 Å². The van der Waals surface area contributed by atoms with Gasteiger partial charge in [0.15, 0.2) is 0 Å². The largest absolute Gasteiger partial charge is 0.495 e. The Bertz CT molecular complexity index is 883. The van der Waals surface area contributed by atoms with Crippen LogP contribution in [0, 0.1) is 0 Å². The van der Waals surface area contributed by atoms with E-state index in [1.807, 2.05) is 48.5 Å². The van der Waals surface area contributed by atoms with Gasteiger partial charge < -0.3 is 9.47 Å². The van der Waals surface area contributed by atoms with E-state index < -0.39 is 12.1 Å². The Morgan fingerprint density at radius 2 is 1.81 bits per heavy atom. The van der Waals surface area contributed by atoms with Crippen LogP contribution in [0.15, 0.2) is 67.3 Å². The fourth-order valence-electron chi connectivity index (χ4n) is 3.79. The van der Waals surface area contributed by atoms with Gasteiger partial charge in [-0.15, -0.1) is 6.58 Å². The van der Waals surface area contributed by atoms with Crippen LogP contribution in [0.4, 0.5) is 10.5 Å². The quantitative estimate of drug-likeness (QED) is 0.604. The number of hydrogen-bond donors (Lipinski definition) is 0. The number of cyclic esters (lactones) is 1. The molecule has 0 N–H and O–H groups in total. The number of ether oxygens (including phenoxy) is 2. The van der Waals surface area contributed by atoms with Crippen LogP contribution in [0.3, 0.4) is 0 Å². The van der Waals surface area contributed by atoms with Gasteiger partial charge in [-0.1, -0.05) is 48.5 Å². The summed E-state index contributed by atoms with van der Waals surface area (Å²) in [5.74, 6) is 0.420. The topological polar surface area (TPSA) is 59.1 Å². The van der Waals surface area contributed by atoms with Gasteiger partial charge in [-0.05, 0) is 17.7 Å². The van der Waals surface area contributed by atoms with Crippen LogP contribution >= 0.6 is 0 Å². The Kier molecular flexibility index (Phi) is 4.32. The lowest BCUT2D eigenvalue weighted by atomic mass is 9.90. The molecule has 2 aromatic rings. The first-order valence-corrected chi connectivity index (χ1v) is 8.76. The van der Waals surface area contributed by atoms with Crippen molar-refractivity contribution in [1.29, 1.82) is 0 Å². The molecule has 4 rings (SSSR count). The van der Waals surface area contributed by atoms with Crippen LogP contribution in [0.1, 0.15) is 11.6 Å². The number of β-lactam (4-membered cyclic amide) rings is 1. The lowest BCUT2D eigenvalue weighted by Crippen LogP contribution is -2.70. The third-order valence-electron chi connectivity index (χ3n) is 5.09. The highest BCUT2D eigenvalue weighted by Crippen LogP contribution is 2.41. The first-order chi connectivity index (χ1) is 13.2. The molecule has 138 valence electrons. The summed E-state index contributed by atoms with van der Waals surface area (Å²) in [6.45, 7) is 4.11. The standard InChI is InChI=1S/C21H20N2O4/c1-3-15-19(20(24)22(15)16-11-7-8-12-18(16)26-2)23-17(13-27-21(23)25)14-9-5-4-6-10-14/h3-12,15,17,19H,1,13H2,2H3/t15?,17-,19?/m1/s1. The smallest absolute Gasteiger partial charge is 0.411 e. The molecule has 2 aromatic carbocycles. The molecule has 3 atom stereocenters. The molecule has 2 fully saturated rings. The number of carbonyl (C=O) groups excluding carboxylic acids is 2. The van der Waals surface area contributed by atoms with Crippen molar-refractivity contribution >= 4 is 17.7 Å². The maximum Gasteiger partial charge on any atom is 0.411 e. The zero-order valence-electron chi connectivity index (χ0n) is 14.9. The highest BCUT2D eigenvalue weighted by atomic mass is 16.6. The van der Waals surface area contributed by atoms with Crippen molar-refractivity contribution < 1.29 is 19.1 Å². The zero-order valence-corrected chi connectivity index (χ0v) is 14.9. The van der Waals surface area contributed by atoms with Gasteiger partial charge in [0.05, 0.1) is 24.9 Å². The second kappa shape index (κ2) is 6.79. The molecule has 0 bridgehead atoms. The molecule has 2 heterocycles. The molecule has 0 saturated carbocycles. The molecule has 27 heavy (non-hydrogen) atoms. The fraction of sp³-hybridized carbons (Fsp3) is 0.238. The van der Waals surface area contributed by atoms with Crippen molar-refractivity contribution in [3.63, 3.8) is 0 Å². The van der Waals surface area contributed by atoms with E-state index in [0.717, 1.165) is 5.56 Å². The number of para-hydroxylation sites is 2. The fourth-order valence-corrected chi connectivity index (χ4v) is 3.79. The van der Waals surface area contributed by atoms with Gasteiger partial charge >= 0.3 is 6.09 Å². The Morgan fingerprint density at radius 3 is 2.52 bits per heavy atom. The summed E-state index contributed by atoms with van der Waals surface area (Å²) in [5, 5.41) is 0. The molecule has 0 aliphatic carbocycles. The lowest BCUT2D eigenvalue weighted by Gasteiger charge is -2.49. The molecule has 2 amide bonds. The second-order valence-electron chi connectivity index (χ2n) is 6.46. The van der Waals surface area contributed by atoms with Gasteiger partial charge in [0.2, 0.25) is 0 Å². The Morgan fingerprint density at radius 1 is 1.11 bits per heavy atom. The lowest BCUT2D eigenvalue weighted by molar-refractivity contribution is -0.130. The predicted molar refractivity (Wildman–Crippen MR) is 101 cm³/mol. The molecular formula is C21H20N2O4.